The number of hydrogen-bond donors (Lipinski definition) is 1. The van der Waals surface area contributed by atoms with Crippen molar-refractivity contribution >= 4 is 40.0 Å². The molecule has 0 amide bonds. The van der Waals surface area contributed by atoms with E-state index in [9.17, 15) is 8.42 Å². The first-order valence-electron chi connectivity index (χ1n) is 9.52. The van der Waals surface area contributed by atoms with Gasteiger partial charge in [0.25, 0.3) is 0 Å². The molecule has 0 saturated carbocycles. The maximum atomic E-state index is 11.9. The molecule has 25 heavy (non-hydrogen) atoms. The second-order valence-electron chi connectivity index (χ2n) is 6.88. The predicted octanol–water partition coefficient (Wildman–Crippen LogP) is 2.36. The van der Waals surface area contributed by atoms with Crippen LogP contribution in [-0.2, 0) is 10.0 Å². The molecule has 6 nitrogen and oxygen atoms in total. The number of guanidine groups is 1. The Morgan fingerprint density at radius 3 is 2.52 bits per heavy atom. The normalized spacial score (nSPS) is 23.9. The fourth-order valence-corrected chi connectivity index (χ4v) is 5.47. The van der Waals surface area contributed by atoms with E-state index in [-0.39, 0.29) is 24.0 Å². The zero-order chi connectivity index (χ0) is 17.6. The van der Waals surface area contributed by atoms with Crippen molar-refractivity contribution in [3.05, 3.63) is 0 Å². The number of sulfonamides is 1. The quantitative estimate of drug-likeness (QED) is 0.341. The van der Waals surface area contributed by atoms with Gasteiger partial charge in [0.1, 0.15) is 0 Å². The molecular formula is C17H35IN4O2S. The van der Waals surface area contributed by atoms with E-state index in [2.05, 4.69) is 31.0 Å². The first-order chi connectivity index (χ1) is 11.5. The highest BCUT2D eigenvalue weighted by molar-refractivity contribution is 14.0. The molecule has 0 radical (unpaired) electrons. The van der Waals surface area contributed by atoms with Crippen LogP contribution in [0.2, 0.25) is 0 Å². The minimum absolute atomic E-state index is 0. The summed E-state index contributed by atoms with van der Waals surface area (Å²) in [5.74, 6) is 2.79. The standard InChI is InChI=1S/C17H34N4O2S.HI/c1-4-15(5-2)16-8-11-20(14-16)17(18-6-3)19-9-12-21-10-7-13-24(21,22)23;/h15-16H,4-14H2,1-3H3,(H,18,19);1H. The highest BCUT2D eigenvalue weighted by Gasteiger charge is 2.30. The molecule has 0 aromatic carbocycles. The molecule has 2 heterocycles. The van der Waals surface area contributed by atoms with Crippen LogP contribution in [0.15, 0.2) is 4.99 Å². The molecule has 0 aromatic heterocycles. The molecule has 148 valence electrons. The van der Waals surface area contributed by atoms with E-state index >= 15 is 0 Å². The Labute approximate surface area is 170 Å². The molecule has 0 bridgehead atoms. The van der Waals surface area contributed by atoms with Crippen molar-refractivity contribution in [3.8, 4) is 0 Å². The molecule has 0 spiro atoms. The number of hydrogen-bond acceptors (Lipinski definition) is 3. The van der Waals surface area contributed by atoms with Gasteiger partial charge in [0.15, 0.2) is 5.96 Å². The summed E-state index contributed by atoms with van der Waals surface area (Å²) in [7, 11) is -3.01. The topological polar surface area (TPSA) is 65.0 Å². The summed E-state index contributed by atoms with van der Waals surface area (Å²) in [6.07, 6.45) is 4.47. The van der Waals surface area contributed by atoms with E-state index in [0.717, 1.165) is 43.9 Å². The van der Waals surface area contributed by atoms with Gasteiger partial charge in [0, 0.05) is 32.7 Å². The van der Waals surface area contributed by atoms with E-state index in [1.54, 1.807) is 4.31 Å². The summed E-state index contributed by atoms with van der Waals surface area (Å²) in [4.78, 5) is 7.05. The van der Waals surface area contributed by atoms with Crippen LogP contribution in [0.3, 0.4) is 0 Å². The number of nitrogens with one attached hydrogen (secondary N) is 1. The molecule has 2 aliphatic heterocycles. The van der Waals surface area contributed by atoms with Gasteiger partial charge in [-0.1, -0.05) is 26.7 Å². The van der Waals surface area contributed by atoms with Crippen LogP contribution in [0.4, 0.5) is 0 Å². The van der Waals surface area contributed by atoms with Crippen LogP contribution in [0.1, 0.15) is 46.5 Å². The smallest absolute Gasteiger partial charge is 0.214 e. The molecule has 2 fully saturated rings. The predicted molar refractivity (Wildman–Crippen MR) is 115 cm³/mol. The minimum atomic E-state index is -3.01. The summed E-state index contributed by atoms with van der Waals surface area (Å²) < 4.78 is 25.3. The molecule has 0 aliphatic carbocycles. The average molecular weight is 486 g/mol. The third-order valence-electron chi connectivity index (χ3n) is 5.39. The van der Waals surface area contributed by atoms with Gasteiger partial charge in [-0.05, 0) is 31.6 Å². The second-order valence-corrected chi connectivity index (χ2v) is 8.96. The molecule has 0 aromatic rings. The van der Waals surface area contributed by atoms with Gasteiger partial charge in [-0.15, -0.1) is 24.0 Å². The summed E-state index contributed by atoms with van der Waals surface area (Å²) in [5, 5.41) is 3.37. The third kappa shape index (κ3) is 6.23. The molecule has 2 aliphatic rings. The van der Waals surface area contributed by atoms with Crippen LogP contribution in [0.25, 0.3) is 0 Å². The van der Waals surface area contributed by atoms with Gasteiger partial charge < -0.3 is 10.2 Å². The van der Waals surface area contributed by atoms with Gasteiger partial charge >= 0.3 is 0 Å². The zero-order valence-electron chi connectivity index (χ0n) is 15.9. The molecule has 8 heteroatoms. The lowest BCUT2D eigenvalue weighted by molar-refractivity contribution is 0.319. The van der Waals surface area contributed by atoms with Crippen LogP contribution in [0.5, 0.6) is 0 Å². The highest BCUT2D eigenvalue weighted by Crippen LogP contribution is 2.28. The summed E-state index contributed by atoms with van der Waals surface area (Å²) in [6.45, 7) is 11.3. The van der Waals surface area contributed by atoms with Crippen molar-refractivity contribution in [2.24, 2.45) is 16.8 Å². The lowest BCUT2D eigenvalue weighted by Gasteiger charge is -2.24. The van der Waals surface area contributed by atoms with Crippen molar-refractivity contribution in [1.82, 2.24) is 14.5 Å². The first kappa shape index (κ1) is 23.0. The summed E-state index contributed by atoms with van der Waals surface area (Å²) in [5.41, 5.74) is 0. The lowest BCUT2D eigenvalue weighted by Crippen LogP contribution is -2.41. The number of aliphatic imine (C=N–C) groups is 1. The molecular weight excluding hydrogens is 451 g/mol. The highest BCUT2D eigenvalue weighted by atomic mass is 127. The Hall–Kier alpha value is -0.0900. The molecule has 2 rings (SSSR count). The molecule has 2 saturated heterocycles. The Morgan fingerprint density at radius 2 is 1.96 bits per heavy atom. The summed E-state index contributed by atoms with van der Waals surface area (Å²) in [6, 6.07) is 0. The van der Waals surface area contributed by atoms with Crippen LogP contribution < -0.4 is 5.32 Å². The van der Waals surface area contributed by atoms with E-state index < -0.39 is 10.0 Å². The summed E-state index contributed by atoms with van der Waals surface area (Å²) >= 11 is 0. The monoisotopic (exact) mass is 486 g/mol. The Morgan fingerprint density at radius 1 is 1.24 bits per heavy atom. The number of rotatable bonds is 7. The zero-order valence-corrected chi connectivity index (χ0v) is 19.1. The van der Waals surface area contributed by atoms with E-state index in [0.29, 0.717) is 25.4 Å². The Kier molecular flexibility index (Phi) is 10.0. The molecule has 1 unspecified atom stereocenters. The lowest BCUT2D eigenvalue weighted by atomic mass is 9.87. The van der Waals surface area contributed by atoms with Gasteiger partial charge in [-0.3, -0.25) is 4.99 Å². The van der Waals surface area contributed by atoms with E-state index in [1.165, 1.54) is 19.3 Å². The van der Waals surface area contributed by atoms with Gasteiger partial charge in [-0.25, -0.2) is 12.7 Å². The fraction of sp³-hybridized carbons (Fsp3) is 0.941. The minimum Gasteiger partial charge on any atom is -0.357 e. The fourth-order valence-electron chi connectivity index (χ4n) is 3.96. The Bertz CT molecular complexity index is 523. The van der Waals surface area contributed by atoms with Crippen molar-refractivity contribution in [3.63, 3.8) is 0 Å². The first-order valence-corrected chi connectivity index (χ1v) is 11.1. The van der Waals surface area contributed by atoms with Crippen molar-refractivity contribution in [2.75, 3.05) is 45.0 Å². The van der Waals surface area contributed by atoms with Gasteiger partial charge in [0.2, 0.25) is 10.0 Å². The maximum Gasteiger partial charge on any atom is 0.214 e. The molecule has 1 atom stereocenters. The number of nitrogens with zero attached hydrogens (tertiary/aromatic N) is 3. The van der Waals surface area contributed by atoms with Crippen LogP contribution >= 0.6 is 24.0 Å². The largest absolute Gasteiger partial charge is 0.357 e. The number of likely N-dealkylation sites (tertiary alicyclic amines) is 1. The SMILES string of the molecule is CCNC(=NCCN1CCCS1(=O)=O)N1CCC(C(CC)CC)C1.I. The van der Waals surface area contributed by atoms with Crippen LogP contribution in [-0.4, -0.2) is 68.6 Å². The van der Waals surface area contributed by atoms with E-state index in [4.69, 9.17) is 4.99 Å². The van der Waals surface area contributed by atoms with Crippen molar-refractivity contribution in [2.45, 2.75) is 46.5 Å². The third-order valence-corrected chi connectivity index (χ3v) is 7.35. The van der Waals surface area contributed by atoms with Crippen molar-refractivity contribution < 1.29 is 8.42 Å². The second kappa shape index (κ2) is 10.9. The molecule has 1 N–H and O–H groups in total. The van der Waals surface area contributed by atoms with Gasteiger partial charge in [-0.2, -0.15) is 0 Å². The van der Waals surface area contributed by atoms with Crippen LogP contribution in [0, 0.1) is 11.8 Å². The Balaban J connectivity index is 0.00000312. The number of halogens is 1. The maximum absolute atomic E-state index is 11.9. The average Bonchev–Trinajstić information content (AvgIpc) is 3.15. The van der Waals surface area contributed by atoms with E-state index in [1.807, 2.05) is 0 Å². The van der Waals surface area contributed by atoms with Crippen molar-refractivity contribution in [1.29, 1.82) is 0 Å². The van der Waals surface area contributed by atoms with Gasteiger partial charge in [0.05, 0.1) is 12.3 Å².